The Kier molecular flexibility index (Phi) is 4.99. The van der Waals surface area contributed by atoms with Gasteiger partial charge in [-0.25, -0.2) is 0 Å². The normalized spacial score (nSPS) is 26.9. The molecule has 1 aromatic heterocycles. The minimum absolute atomic E-state index is 0.334. The van der Waals surface area contributed by atoms with Crippen LogP contribution in [0.1, 0.15) is 55.2 Å². The summed E-state index contributed by atoms with van der Waals surface area (Å²) in [6.45, 7) is 1.51. The van der Waals surface area contributed by atoms with Crippen LogP contribution in [0, 0.1) is 5.92 Å². The largest absolute Gasteiger partial charge is 0.306 e. The monoisotopic (exact) mass is 415 g/mol. The first kappa shape index (κ1) is 18.3. The number of allylic oxidation sites excluding steroid dienone is 1. The summed E-state index contributed by atoms with van der Waals surface area (Å²) in [6.07, 6.45) is 9.21. The molecule has 3 heterocycles. The van der Waals surface area contributed by atoms with E-state index >= 15 is 0 Å². The van der Waals surface area contributed by atoms with E-state index in [4.69, 9.17) is 23.2 Å². The van der Waals surface area contributed by atoms with Crippen molar-refractivity contribution in [2.75, 3.05) is 0 Å². The summed E-state index contributed by atoms with van der Waals surface area (Å²) in [5, 5.41) is 14.2. The van der Waals surface area contributed by atoms with Gasteiger partial charge in [0, 0.05) is 35.2 Å². The Bertz CT molecular complexity index is 940. The molecule has 0 amide bonds. The first-order valence-electron chi connectivity index (χ1n) is 10.0. The maximum atomic E-state index is 6.23. The summed E-state index contributed by atoms with van der Waals surface area (Å²) in [7, 11) is 0. The molecule has 1 unspecified atom stereocenters. The summed E-state index contributed by atoms with van der Waals surface area (Å²) in [5.41, 5.74) is 2.35. The Balaban J connectivity index is 1.38. The molecular formula is C21H23Cl2N5. The van der Waals surface area contributed by atoms with Crippen LogP contribution >= 0.6 is 23.2 Å². The van der Waals surface area contributed by atoms with Gasteiger partial charge in [-0.3, -0.25) is 9.56 Å². The zero-order valence-corrected chi connectivity index (χ0v) is 17.1. The van der Waals surface area contributed by atoms with Crippen molar-refractivity contribution in [3.05, 3.63) is 51.5 Å². The van der Waals surface area contributed by atoms with Crippen LogP contribution in [0.15, 0.2) is 34.3 Å². The lowest BCUT2D eigenvalue weighted by molar-refractivity contribution is 0.276. The average Bonchev–Trinajstić information content (AvgIpc) is 3.04. The van der Waals surface area contributed by atoms with E-state index < -0.39 is 0 Å². The van der Waals surface area contributed by atoms with Crippen molar-refractivity contribution in [3.63, 3.8) is 0 Å². The third kappa shape index (κ3) is 3.40. The number of nitrogens with zero attached hydrogens (tertiary/aromatic N) is 4. The molecule has 1 saturated carbocycles. The van der Waals surface area contributed by atoms with Crippen molar-refractivity contribution in [3.8, 4) is 5.69 Å². The van der Waals surface area contributed by atoms with Crippen molar-refractivity contribution >= 4 is 29.4 Å². The first-order chi connectivity index (χ1) is 13.7. The van der Waals surface area contributed by atoms with Gasteiger partial charge in [0.25, 0.3) is 0 Å². The average molecular weight is 416 g/mol. The molecule has 1 aromatic carbocycles. The van der Waals surface area contributed by atoms with Crippen molar-refractivity contribution in [1.82, 2.24) is 20.1 Å². The van der Waals surface area contributed by atoms with Gasteiger partial charge in [0.1, 0.15) is 5.82 Å². The highest BCUT2D eigenvalue weighted by Gasteiger charge is 2.32. The molecule has 1 fully saturated rings. The lowest BCUT2D eigenvalue weighted by Crippen LogP contribution is -2.26. The van der Waals surface area contributed by atoms with Gasteiger partial charge in [-0.15, -0.1) is 10.2 Å². The molecule has 28 heavy (non-hydrogen) atoms. The Hall–Kier alpha value is -1.69. The topological polar surface area (TPSA) is 55.1 Å². The number of hydrogen-bond donors (Lipinski definition) is 1. The lowest BCUT2D eigenvalue weighted by atomic mass is 9.77. The van der Waals surface area contributed by atoms with Gasteiger partial charge in [-0.1, -0.05) is 23.2 Å². The van der Waals surface area contributed by atoms with Crippen molar-refractivity contribution in [2.45, 2.75) is 57.2 Å². The SMILES string of the molecule is ClC1=CC=NC([C@H]2CC[C@H](c3nnc4n3-c3ccc(Cl)cc3CNC4)CC2)C1. The van der Waals surface area contributed by atoms with E-state index in [0.29, 0.717) is 17.9 Å². The van der Waals surface area contributed by atoms with Crippen LogP contribution in [-0.4, -0.2) is 27.0 Å². The minimum Gasteiger partial charge on any atom is -0.306 e. The fourth-order valence-corrected chi connectivity index (χ4v) is 5.21. The van der Waals surface area contributed by atoms with Gasteiger partial charge in [-0.05, 0) is 61.4 Å². The van der Waals surface area contributed by atoms with Crippen LogP contribution in [-0.2, 0) is 13.1 Å². The molecule has 0 radical (unpaired) electrons. The van der Waals surface area contributed by atoms with E-state index in [2.05, 4.69) is 31.1 Å². The minimum atomic E-state index is 0.334. The predicted octanol–water partition coefficient (Wildman–Crippen LogP) is 4.76. The second-order valence-electron chi connectivity index (χ2n) is 7.98. The maximum absolute atomic E-state index is 6.23. The first-order valence-corrected chi connectivity index (χ1v) is 10.8. The molecule has 0 bridgehead atoms. The highest BCUT2D eigenvalue weighted by atomic mass is 35.5. The van der Waals surface area contributed by atoms with Gasteiger partial charge in [-0.2, -0.15) is 0 Å². The number of benzene rings is 1. The smallest absolute Gasteiger partial charge is 0.151 e. The zero-order valence-electron chi connectivity index (χ0n) is 15.6. The third-order valence-electron chi connectivity index (χ3n) is 6.25. The molecule has 7 heteroatoms. The molecule has 5 rings (SSSR count). The van der Waals surface area contributed by atoms with E-state index in [1.165, 1.54) is 5.56 Å². The quantitative estimate of drug-likeness (QED) is 0.768. The molecule has 1 N–H and O–H groups in total. The predicted molar refractivity (Wildman–Crippen MR) is 112 cm³/mol. The third-order valence-corrected chi connectivity index (χ3v) is 6.77. The Morgan fingerprint density at radius 2 is 1.89 bits per heavy atom. The Morgan fingerprint density at radius 1 is 1.04 bits per heavy atom. The van der Waals surface area contributed by atoms with Crippen molar-refractivity contribution in [1.29, 1.82) is 0 Å². The number of hydrogen-bond acceptors (Lipinski definition) is 4. The highest BCUT2D eigenvalue weighted by Crippen LogP contribution is 2.40. The van der Waals surface area contributed by atoms with Crippen LogP contribution < -0.4 is 5.32 Å². The molecule has 146 valence electrons. The molecule has 0 spiro atoms. The van der Waals surface area contributed by atoms with Crippen molar-refractivity contribution in [2.24, 2.45) is 10.9 Å². The maximum Gasteiger partial charge on any atom is 0.151 e. The molecule has 5 nitrogen and oxygen atoms in total. The number of dihydropyridines is 1. The standard InChI is InChI=1S/C21H23Cl2N5/c22-16-5-6-19-15(9-16)11-24-12-20-26-27-21(28(19)20)14-3-1-13(2-4-14)18-10-17(23)7-8-25-18/h5-9,13-14,18,24H,1-4,10-12H2/t13-,14-,18?. The highest BCUT2D eigenvalue weighted by molar-refractivity contribution is 6.31. The van der Waals surface area contributed by atoms with E-state index in [9.17, 15) is 0 Å². The van der Waals surface area contributed by atoms with Gasteiger partial charge in [0.05, 0.1) is 18.3 Å². The van der Waals surface area contributed by atoms with Gasteiger partial charge < -0.3 is 5.32 Å². The summed E-state index contributed by atoms with van der Waals surface area (Å²) in [6, 6.07) is 6.42. The lowest BCUT2D eigenvalue weighted by Gasteiger charge is -2.32. The number of rotatable bonds is 2. The molecule has 0 saturated heterocycles. The summed E-state index contributed by atoms with van der Waals surface area (Å²) >= 11 is 12.5. The zero-order chi connectivity index (χ0) is 19.1. The van der Waals surface area contributed by atoms with Crippen LogP contribution in [0.3, 0.4) is 0 Å². The van der Waals surface area contributed by atoms with E-state index in [1.54, 1.807) is 0 Å². The van der Waals surface area contributed by atoms with E-state index in [-0.39, 0.29) is 0 Å². The summed E-state index contributed by atoms with van der Waals surface area (Å²) < 4.78 is 2.26. The fraction of sp³-hybridized carbons (Fsp3) is 0.476. The van der Waals surface area contributed by atoms with Crippen LogP contribution in [0.5, 0.6) is 0 Å². The number of fused-ring (bicyclic) bond motifs is 3. The number of nitrogens with one attached hydrogen (secondary N) is 1. The van der Waals surface area contributed by atoms with E-state index in [1.807, 2.05) is 24.4 Å². The molecule has 1 atom stereocenters. The molecular weight excluding hydrogens is 393 g/mol. The molecule has 2 aliphatic heterocycles. The van der Waals surface area contributed by atoms with E-state index in [0.717, 1.165) is 72.6 Å². The number of aliphatic imine (C=N–C) groups is 1. The van der Waals surface area contributed by atoms with Gasteiger partial charge in [0.15, 0.2) is 5.82 Å². The fourth-order valence-electron chi connectivity index (χ4n) is 4.80. The van der Waals surface area contributed by atoms with Crippen LogP contribution in [0.25, 0.3) is 5.69 Å². The molecule has 2 aromatic rings. The second kappa shape index (κ2) is 7.62. The Morgan fingerprint density at radius 3 is 2.71 bits per heavy atom. The molecule has 3 aliphatic rings. The number of halogens is 2. The second-order valence-corrected chi connectivity index (χ2v) is 8.90. The summed E-state index contributed by atoms with van der Waals surface area (Å²) in [4.78, 5) is 4.67. The molecule has 1 aliphatic carbocycles. The number of aromatic nitrogens is 3. The summed E-state index contributed by atoms with van der Waals surface area (Å²) in [5.74, 6) is 3.10. The van der Waals surface area contributed by atoms with Crippen molar-refractivity contribution < 1.29 is 0 Å². The van der Waals surface area contributed by atoms with Gasteiger partial charge in [0.2, 0.25) is 0 Å². The Labute approximate surface area is 174 Å². The van der Waals surface area contributed by atoms with Crippen LogP contribution in [0.2, 0.25) is 5.02 Å². The van der Waals surface area contributed by atoms with Gasteiger partial charge >= 0.3 is 0 Å². The van der Waals surface area contributed by atoms with Crippen LogP contribution in [0.4, 0.5) is 0 Å².